The second kappa shape index (κ2) is 8.23. The fourth-order valence-electron chi connectivity index (χ4n) is 1.52. The number of benzene rings is 1. The van der Waals surface area contributed by atoms with Crippen molar-refractivity contribution < 1.29 is 24.6 Å². The number of carbonyl (C=O) groups excluding carboxylic acids is 2. The van der Waals surface area contributed by atoms with Gasteiger partial charge in [0.2, 0.25) is 5.91 Å². The van der Waals surface area contributed by atoms with Crippen LogP contribution < -0.4 is 10.6 Å². The molecule has 2 amide bonds. The topological polar surface area (TPSA) is 116 Å². The average Bonchev–Trinajstić information content (AvgIpc) is 2.44. The van der Waals surface area contributed by atoms with Gasteiger partial charge in [0.25, 0.3) is 5.91 Å². The van der Waals surface area contributed by atoms with Crippen LogP contribution in [0.1, 0.15) is 16.8 Å². The Hall–Kier alpha value is -2.12. The van der Waals surface area contributed by atoms with Crippen molar-refractivity contribution in [3.8, 4) is 0 Å². The number of aliphatic hydroxyl groups is 1. The van der Waals surface area contributed by atoms with E-state index in [4.69, 9.17) is 21.8 Å². The first-order valence-corrected chi connectivity index (χ1v) is 6.48. The van der Waals surface area contributed by atoms with Crippen molar-refractivity contribution in [2.24, 2.45) is 0 Å². The fourth-order valence-corrected chi connectivity index (χ4v) is 1.71. The number of aliphatic hydroxyl groups excluding tert-OH is 1. The fraction of sp³-hybridized carbons (Fsp3) is 0.308. The van der Waals surface area contributed by atoms with Gasteiger partial charge in [-0.1, -0.05) is 17.7 Å². The highest BCUT2D eigenvalue weighted by Crippen LogP contribution is 2.10. The Bertz CT molecular complexity index is 535. The highest BCUT2D eigenvalue weighted by molar-refractivity contribution is 6.30. The monoisotopic (exact) mass is 314 g/mol. The quantitative estimate of drug-likeness (QED) is 0.566. The van der Waals surface area contributed by atoms with Gasteiger partial charge in [0.1, 0.15) is 6.04 Å². The van der Waals surface area contributed by atoms with Gasteiger partial charge in [0.05, 0.1) is 6.54 Å². The molecule has 114 valence electrons. The van der Waals surface area contributed by atoms with Crippen molar-refractivity contribution in [3.63, 3.8) is 0 Å². The van der Waals surface area contributed by atoms with E-state index in [1.54, 1.807) is 12.1 Å². The average molecular weight is 315 g/mol. The lowest BCUT2D eigenvalue weighted by Gasteiger charge is -2.13. The van der Waals surface area contributed by atoms with E-state index in [9.17, 15) is 14.4 Å². The predicted octanol–water partition coefficient (Wildman–Crippen LogP) is 0.0216. The number of amides is 2. The Labute approximate surface area is 125 Å². The molecular formula is C13H15ClN2O5. The number of rotatable bonds is 7. The molecule has 0 spiro atoms. The molecule has 8 heteroatoms. The minimum Gasteiger partial charge on any atom is -0.480 e. The van der Waals surface area contributed by atoms with Gasteiger partial charge < -0.3 is 20.8 Å². The smallest absolute Gasteiger partial charge is 0.326 e. The van der Waals surface area contributed by atoms with Crippen LogP contribution in [-0.2, 0) is 9.59 Å². The summed E-state index contributed by atoms with van der Waals surface area (Å²) in [6, 6.07) is 4.99. The molecule has 0 bridgehead atoms. The molecule has 7 nitrogen and oxygen atoms in total. The molecule has 0 aliphatic heterocycles. The minimum absolute atomic E-state index is 0.108. The number of nitrogens with one attached hydrogen (secondary N) is 2. The van der Waals surface area contributed by atoms with Gasteiger partial charge in [-0.15, -0.1) is 0 Å². The first-order chi connectivity index (χ1) is 9.93. The van der Waals surface area contributed by atoms with Crippen LogP contribution in [0.15, 0.2) is 24.3 Å². The second-order valence-corrected chi connectivity index (χ2v) is 4.60. The highest BCUT2D eigenvalue weighted by Gasteiger charge is 2.19. The Balaban J connectivity index is 2.49. The van der Waals surface area contributed by atoms with Gasteiger partial charge in [-0.05, 0) is 18.2 Å². The number of aliphatic carboxylic acids is 1. The van der Waals surface area contributed by atoms with Crippen LogP contribution >= 0.6 is 11.6 Å². The van der Waals surface area contributed by atoms with Gasteiger partial charge in [-0.3, -0.25) is 9.59 Å². The van der Waals surface area contributed by atoms with Crippen LogP contribution in [0.2, 0.25) is 5.02 Å². The van der Waals surface area contributed by atoms with Crippen molar-refractivity contribution in [1.82, 2.24) is 10.6 Å². The van der Waals surface area contributed by atoms with Gasteiger partial charge in [0, 0.05) is 23.6 Å². The third-order valence-electron chi connectivity index (χ3n) is 2.55. The lowest BCUT2D eigenvalue weighted by molar-refractivity contribution is -0.142. The standard InChI is InChI=1S/C13H15ClN2O5/c14-9-3-1-2-8(6-9)12(19)15-7-11(18)16-10(4-5-17)13(20)21/h1-3,6,10,17H,4-5,7H2,(H,15,19)(H,16,18)(H,20,21). The van der Waals surface area contributed by atoms with Crippen LogP contribution in [-0.4, -0.2) is 47.2 Å². The lowest BCUT2D eigenvalue weighted by Crippen LogP contribution is -2.45. The van der Waals surface area contributed by atoms with E-state index in [1.807, 2.05) is 0 Å². The van der Waals surface area contributed by atoms with E-state index in [2.05, 4.69) is 10.6 Å². The van der Waals surface area contributed by atoms with Crippen molar-refractivity contribution in [3.05, 3.63) is 34.9 Å². The molecule has 1 aromatic carbocycles. The molecule has 4 N–H and O–H groups in total. The van der Waals surface area contributed by atoms with Crippen LogP contribution in [0.3, 0.4) is 0 Å². The summed E-state index contributed by atoms with van der Waals surface area (Å²) in [7, 11) is 0. The predicted molar refractivity (Wildman–Crippen MR) is 75.1 cm³/mol. The minimum atomic E-state index is -1.25. The summed E-state index contributed by atoms with van der Waals surface area (Å²) in [6.45, 7) is -0.743. The molecule has 0 aromatic heterocycles. The maximum Gasteiger partial charge on any atom is 0.326 e. The molecule has 1 atom stereocenters. The van der Waals surface area contributed by atoms with E-state index < -0.39 is 23.8 Å². The van der Waals surface area contributed by atoms with Crippen LogP contribution in [0.25, 0.3) is 0 Å². The van der Waals surface area contributed by atoms with E-state index in [0.29, 0.717) is 10.6 Å². The third kappa shape index (κ3) is 5.80. The van der Waals surface area contributed by atoms with Crippen molar-refractivity contribution in [1.29, 1.82) is 0 Å². The molecule has 0 saturated carbocycles. The Morgan fingerprint density at radius 1 is 1.29 bits per heavy atom. The zero-order valence-corrected chi connectivity index (χ0v) is 11.8. The van der Waals surface area contributed by atoms with Crippen LogP contribution in [0.4, 0.5) is 0 Å². The van der Waals surface area contributed by atoms with Crippen molar-refractivity contribution in [2.75, 3.05) is 13.2 Å². The Kier molecular flexibility index (Phi) is 6.64. The zero-order valence-electron chi connectivity index (χ0n) is 11.0. The molecule has 21 heavy (non-hydrogen) atoms. The van der Waals surface area contributed by atoms with Gasteiger partial charge in [-0.25, -0.2) is 4.79 Å². The highest BCUT2D eigenvalue weighted by atomic mass is 35.5. The summed E-state index contributed by atoms with van der Waals surface area (Å²) in [4.78, 5) is 34.1. The van der Waals surface area contributed by atoms with Crippen LogP contribution in [0.5, 0.6) is 0 Å². The van der Waals surface area contributed by atoms with E-state index in [-0.39, 0.29) is 19.6 Å². The van der Waals surface area contributed by atoms with E-state index in [1.165, 1.54) is 12.1 Å². The SMILES string of the molecule is O=C(CNC(=O)c1cccc(Cl)c1)NC(CCO)C(=O)O. The number of carboxylic acid groups (broad SMARTS) is 1. The number of hydrogen-bond donors (Lipinski definition) is 4. The van der Waals surface area contributed by atoms with Crippen molar-refractivity contribution in [2.45, 2.75) is 12.5 Å². The van der Waals surface area contributed by atoms with Gasteiger partial charge in [-0.2, -0.15) is 0 Å². The van der Waals surface area contributed by atoms with E-state index in [0.717, 1.165) is 0 Å². The third-order valence-corrected chi connectivity index (χ3v) is 2.78. The summed E-state index contributed by atoms with van der Waals surface area (Å²) in [5, 5.41) is 22.4. The Morgan fingerprint density at radius 3 is 2.57 bits per heavy atom. The summed E-state index contributed by atoms with van der Waals surface area (Å²) >= 11 is 5.74. The molecule has 1 aromatic rings. The first-order valence-electron chi connectivity index (χ1n) is 6.11. The maximum absolute atomic E-state index is 11.7. The van der Waals surface area contributed by atoms with Crippen LogP contribution in [0, 0.1) is 0 Å². The zero-order chi connectivity index (χ0) is 15.8. The molecule has 0 fully saturated rings. The molecule has 0 aliphatic carbocycles. The second-order valence-electron chi connectivity index (χ2n) is 4.16. The number of carboxylic acids is 1. The van der Waals surface area contributed by atoms with Gasteiger partial charge in [0.15, 0.2) is 0 Å². The molecular weight excluding hydrogens is 300 g/mol. The molecule has 0 heterocycles. The molecule has 1 rings (SSSR count). The van der Waals surface area contributed by atoms with Crippen molar-refractivity contribution >= 4 is 29.4 Å². The molecule has 0 saturated heterocycles. The number of carbonyl (C=O) groups is 3. The van der Waals surface area contributed by atoms with E-state index >= 15 is 0 Å². The normalized spacial score (nSPS) is 11.5. The van der Waals surface area contributed by atoms with Gasteiger partial charge >= 0.3 is 5.97 Å². The molecule has 0 aliphatic rings. The first kappa shape index (κ1) is 16.9. The largest absolute Gasteiger partial charge is 0.480 e. The Morgan fingerprint density at radius 2 is 2.00 bits per heavy atom. The summed E-state index contributed by atoms with van der Waals surface area (Å²) < 4.78 is 0. The maximum atomic E-state index is 11.7. The number of halogens is 1. The number of hydrogen-bond acceptors (Lipinski definition) is 4. The lowest BCUT2D eigenvalue weighted by atomic mass is 10.2. The summed E-state index contributed by atoms with van der Waals surface area (Å²) in [6.07, 6.45) is -0.108. The molecule has 0 radical (unpaired) electrons. The summed E-state index contributed by atoms with van der Waals surface area (Å²) in [5.74, 6) is -2.41. The molecule has 1 unspecified atom stereocenters. The summed E-state index contributed by atoms with van der Waals surface area (Å²) in [5.41, 5.74) is 0.292.